The van der Waals surface area contributed by atoms with Gasteiger partial charge in [-0.2, -0.15) is 0 Å². The molecule has 12 heavy (non-hydrogen) atoms. The summed E-state index contributed by atoms with van der Waals surface area (Å²) in [6.45, 7) is 8.40. The summed E-state index contributed by atoms with van der Waals surface area (Å²) in [4.78, 5) is 11.8. The van der Waals surface area contributed by atoms with E-state index in [4.69, 9.17) is 5.73 Å². The Morgan fingerprint density at radius 2 is 1.75 bits per heavy atom. The number of Topliss-reactive ketones (excluding diaryl/α,β-unsaturated/α-hetero) is 1. The molecule has 2 N–H and O–H groups in total. The molecule has 0 bridgehead atoms. The Morgan fingerprint density at radius 1 is 1.33 bits per heavy atom. The quantitative estimate of drug-likeness (QED) is 0.687. The first-order valence-corrected chi connectivity index (χ1v) is 4.74. The minimum Gasteiger partial charge on any atom is -0.329 e. The van der Waals surface area contributed by atoms with E-state index in [2.05, 4.69) is 13.8 Å². The Kier molecular flexibility index (Phi) is 4.46. The van der Waals surface area contributed by atoms with Gasteiger partial charge in [0.2, 0.25) is 0 Å². The standard InChI is InChI=1S/C10H21NO/c1-5-8(6-2)9(12)10(3,4)7-11/h8H,5-7,11H2,1-4H3. The Bertz CT molecular complexity index is 148. The normalized spacial score (nSPS) is 12.2. The summed E-state index contributed by atoms with van der Waals surface area (Å²) in [5.41, 5.74) is 5.20. The Labute approximate surface area is 75.5 Å². The second-order valence-electron chi connectivity index (χ2n) is 3.97. The Balaban J connectivity index is 4.35. The molecule has 0 radical (unpaired) electrons. The van der Waals surface area contributed by atoms with Crippen molar-refractivity contribution in [3.05, 3.63) is 0 Å². The van der Waals surface area contributed by atoms with Crippen LogP contribution in [0.3, 0.4) is 0 Å². The minimum atomic E-state index is -0.337. The molecule has 0 aliphatic heterocycles. The first-order chi connectivity index (χ1) is 5.49. The zero-order chi connectivity index (χ0) is 9.78. The average Bonchev–Trinajstić information content (AvgIpc) is 2.06. The minimum absolute atomic E-state index is 0.198. The van der Waals surface area contributed by atoms with Crippen molar-refractivity contribution in [1.29, 1.82) is 0 Å². The van der Waals surface area contributed by atoms with Crippen LogP contribution in [0.4, 0.5) is 0 Å². The molecule has 0 saturated carbocycles. The van der Waals surface area contributed by atoms with E-state index in [9.17, 15) is 4.79 Å². The van der Waals surface area contributed by atoms with Crippen molar-refractivity contribution in [2.45, 2.75) is 40.5 Å². The van der Waals surface area contributed by atoms with Crippen LogP contribution in [0.5, 0.6) is 0 Å². The highest BCUT2D eigenvalue weighted by atomic mass is 16.1. The molecule has 0 aliphatic rings. The molecular weight excluding hydrogens is 150 g/mol. The topological polar surface area (TPSA) is 43.1 Å². The fourth-order valence-corrected chi connectivity index (χ4v) is 1.31. The summed E-state index contributed by atoms with van der Waals surface area (Å²) in [5, 5.41) is 0. The maximum Gasteiger partial charge on any atom is 0.142 e. The number of carbonyl (C=O) groups is 1. The molecule has 0 aromatic carbocycles. The van der Waals surface area contributed by atoms with Gasteiger partial charge in [-0.3, -0.25) is 4.79 Å². The lowest BCUT2D eigenvalue weighted by molar-refractivity contribution is -0.130. The van der Waals surface area contributed by atoms with E-state index >= 15 is 0 Å². The van der Waals surface area contributed by atoms with Gasteiger partial charge in [0.1, 0.15) is 5.78 Å². The summed E-state index contributed by atoms with van der Waals surface area (Å²) in [7, 11) is 0. The lowest BCUT2D eigenvalue weighted by Gasteiger charge is -2.25. The van der Waals surface area contributed by atoms with Gasteiger partial charge in [-0.05, 0) is 12.8 Å². The molecule has 0 amide bonds. The van der Waals surface area contributed by atoms with Crippen LogP contribution < -0.4 is 5.73 Å². The van der Waals surface area contributed by atoms with Crippen LogP contribution in [-0.4, -0.2) is 12.3 Å². The second-order valence-corrected chi connectivity index (χ2v) is 3.97. The number of nitrogens with two attached hydrogens (primary N) is 1. The third-order valence-electron chi connectivity index (χ3n) is 2.53. The van der Waals surface area contributed by atoms with Gasteiger partial charge in [-0.1, -0.05) is 27.7 Å². The summed E-state index contributed by atoms with van der Waals surface area (Å²) in [6.07, 6.45) is 1.86. The fraction of sp³-hybridized carbons (Fsp3) is 0.900. The summed E-state index contributed by atoms with van der Waals surface area (Å²) in [6, 6.07) is 0. The van der Waals surface area contributed by atoms with E-state index in [1.807, 2.05) is 13.8 Å². The van der Waals surface area contributed by atoms with Gasteiger partial charge in [0.25, 0.3) is 0 Å². The van der Waals surface area contributed by atoms with Gasteiger partial charge in [0.05, 0.1) is 0 Å². The SMILES string of the molecule is CCC(CC)C(=O)C(C)(C)CN. The molecule has 2 heteroatoms. The number of hydrogen-bond acceptors (Lipinski definition) is 2. The zero-order valence-electron chi connectivity index (χ0n) is 8.68. The third-order valence-corrected chi connectivity index (χ3v) is 2.53. The van der Waals surface area contributed by atoms with Gasteiger partial charge < -0.3 is 5.73 Å². The fourth-order valence-electron chi connectivity index (χ4n) is 1.31. The number of carbonyl (C=O) groups excluding carboxylic acids is 1. The molecule has 0 fully saturated rings. The number of hydrogen-bond donors (Lipinski definition) is 1. The smallest absolute Gasteiger partial charge is 0.142 e. The Morgan fingerprint density at radius 3 is 2.00 bits per heavy atom. The van der Waals surface area contributed by atoms with Crippen LogP contribution in [0.25, 0.3) is 0 Å². The van der Waals surface area contributed by atoms with Crippen LogP contribution >= 0.6 is 0 Å². The first kappa shape index (κ1) is 11.6. The third kappa shape index (κ3) is 2.59. The van der Waals surface area contributed by atoms with E-state index in [1.54, 1.807) is 0 Å². The highest BCUT2D eigenvalue weighted by molar-refractivity contribution is 5.86. The molecule has 0 unspecified atom stereocenters. The predicted molar refractivity (Wildman–Crippen MR) is 51.9 cm³/mol. The van der Waals surface area contributed by atoms with E-state index in [0.717, 1.165) is 12.8 Å². The van der Waals surface area contributed by atoms with Gasteiger partial charge in [-0.25, -0.2) is 0 Å². The molecule has 2 nitrogen and oxygen atoms in total. The van der Waals surface area contributed by atoms with Crippen LogP contribution in [0, 0.1) is 11.3 Å². The molecule has 0 aromatic heterocycles. The molecule has 0 spiro atoms. The maximum absolute atomic E-state index is 11.8. The highest BCUT2D eigenvalue weighted by Gasteiger charge is 2.30. The molecule has 0 heterocycles. The van der Waals surface area contributed by atoms with Crippen molar-refractivity contribution in [3.63, 3.8) is 0 Å². The van der Waals surface area contributed by atoms with E-state index < -0.39 is 0 Å². The van der Waals surface area contributed by atoms with Crippen molar-refractivity contribution in [2.75, 3.05) is 6.54 Å². The lowest BCUT2D eigenvalue weighted by Crippen LogP contribution is -2.36. The largest absolute Gasteiger partial charge is 0.329 e. The number of ketones is 1. The monoisotopic (exact) mass is 171 g/mol. The van der Waals surface area contributed by atoms with Crippen molar-refractivity contribution in [1.82, 2.24) is 0 Å². The summed E-state index contributed by atoms with van der Waals surface area (Å²) < 4.78 is 0. The van der Waals surface area contributed by atoms with E-state index in [-0.39, 0.29) is 11.3 Å². The van der Waals surface area contributed by atoms with Crippen molar-refractivity contribution < 1.29 is 4.79 Å². The zero-order valence-corrected chi connectivity index (χ0v) is 8.68. The highest BCUT2D eigenvalue weighted by Crippen LogP contribution is 2.23. The van der Waals surface area contributed by atoms with Crippen molar-refractivity contribution >= 4 is 5.78 Å². The number of rotatable bonds is 5. The van der Waals surface area contributed by atoms with Crippen molar-refractivity contribution in [2.24, 2.45) is 17.1 Å². The lowest BCUT2D eigenvalue weighted by atomic mass is 9.79. The maximum atomic E-state index is 11.8. The van der Waals surface area contributed by atoms with Gasteiger partial charge in [-0.15, -0.1) is 0 Å². The molecular formula is C10H21NO. The van der Waals surface area contributed by atoms with E-state index in [1.165, 1.54) is 0 Å². The molecule has 0 aliphatic carbocycles. The van der Waals surface area contributed by atoms with Crippen LogP contribution in [-0.2, 0) is 4.79 Å². The molecule has 0 rings (SSSR count). The first-order valence-electron chi connectivity index (χ1n) is 4.74. The molecule has 72 valence electrons. The second kappa shape index (κ2) is 4.61. The van der Waals surface area contributed by atoms with Crippen LogP contribution in [0.15, 0.2) is 0 Å². The Hall–Kier alpha value is -0.370. The molecule has 0 aromatic rings. The predicted octanol–water partition coefficient (Wildman–Crippen LogP) is 1.98. The molecule has 0 atom stereocenters. The van der Waals surface area contributed by atoms with Gasteiger partial charge in [0.15, 0.2) is 0 Å². The molecule has 0 saturated heterocycles. The van der Waals surface area contributed by atoms with Crippen molar-refractivity contribution in [3.8, 4) is 0 Å². The summed E-state index contributed by atoms with van der Waals surface area (Å²) in [5.74, 6) is 0.513. The average molecular weight is 171 g/mol. The van der Waals surface area contributed by atoms with Crippen LogP contribution in [0.1, 0.15) is 40.5 Å². The van der Waals surface area contributed by atoms with Gasteiger partial charge >= 0.3 is 0 Å². The van der Waals surface area contributed by atoms with E-state index in [0.29, 0.717) is 12.3 Å². The van der Waals surface area contributed by atoms with Crippen LogP contribution in [0.2, 0.25) is 0 Å². The summed E-state index contributed by atoms with van der Waals surface area (Å²) >= 11 is 0. The van der Waals surface area contributed by atoms with Gasteiger partial charge in [0, 0.05) is 17.9 Å².